The molecule has 0 aliphatic carbocycles. The highest BCUT2D eigenvalue weighted by molar-refractivity contribution is 6.04. The number of halogens is 3. The van der Waals surface area contributed by atoms with Crippen molar-refractivity contribution in [3.8, 4) is 11.1 Å². The Hall–Kier alpha value is -3.54. The van der Waals surface area contributed by atoms with E-state index < -0.39 is 17.8 Å². The third-order valence-electron chi connectivity index (χ3n) is 6.75. The van der Waals surface area contributed by atoms with Crippen molar-refractivity contribution in [2.24, 2.45) is 0 Å². The summed E-state index contributed by atoms with van der Waals surface area (Å²) in [5.74, 6) is -0.670. The molecule has 200 valence electrons. The average Bonchev–Trinajstić information content (AvgIpc) is 2.92. The Morgan fingerprint density at radius 2 is 2.08 bits per heavy atom. The lowest BCUT2D eigenvalue weighted by Gasteiger charge is -2.44. The Kier molecular flexibility index (Phi) is 7.33. The number of pyridine rings is 2. The molecule has 3 aromatic rings. The molecule has 1 fully saturated rings. The van der Waals surface area contributed by atoms with Gasteiger partial charge in [0.1, 0.15) is 11.8 Å². The summed E-state index contributed by atoms with van der Waals surface area (Å²) in [5, 5.41) is 11.9. The van der Waals surface area contributed by atoms with Crippen LogP contribution in [0.15, 0.2) is 48.8 Å². The summed E-state index contributed by atoms with van der Waals surface area (Å²) in [6.07, 6.45) is -1.48. The molecule has 1 saturated heterocycles. The number of rotatable bonds is 6. The zero-order chi connectivity index (χ0) is 26.9. The first-order valence-electron chi connectivity index (χ1n) is 12.3. The quantitative estimate of drug-likeness (QED) is 0.490. The van der Waals surface area contributed by atoms with Crippen LogP contribution in [0.1, 0.15) is 39.8 Å². The second kappa shape index (κ2) is 10.7. The van der Waals surface area contributed by atoms with E-state index in [0.717, 1.165) is 46.9 Å². The number of amides is 1. The third-order valence-corrected chi connectivity index (χ3v) is 6.75. The molecule has 0 bridgehead atoms. The molecule has 4 heterocycles. The lowest BCUT2D eigenvalue weighted by molar-refractivity contribution is -0.141. The molecule has 2 N–H and O–H groups in total. The highest BCUT2D eigenvalue weighted by Gasteiger charge is 2.36. The van der Waals surface area contributed by atoms with Crippen LogP contribution in [0, 0.1) is 6.92 Å². The van der Waals surface area contributed by atoms with Crippen molar-refractivity contribution in [1.82, 2.24) is 9.97 Å². The minimum absolute atomic E-state index is 0.0798. The number of nitrogens with zero attached hydrogens (tertiary/aromatic N) is 3. The van der Waals surface area contributed by atoms with Crippen molar-refractivity contribution in [2.45, 2.75) is 31.7 Å². The van der Waals surface area contributed by atoms with Gasteiger partial charge in [-0.2, -0.15) is 13.2 Å². The Morgan fingerprint density at radius 3 is 2.87 bits per heavy atom. The zero-order valence-electron chi connectivity index (χ0n) is 20.7. The highest BCUT2D eigenvalue weighted by Crippen LogP contribution is 2.41. The summed E-state index contributed by atoms with van der Waals surface area (Å²) >= 11 is 0. The minimum atomic E-state index is -4.64. The van der Waals surface area contributed by atoms with E-state index >= 15 is 0 Å². The smallest absolute Gasteiger partial charge is 0.394 e. The third kappa shape index (κ3) is 5.35. The van der Waals surface area contributed by atoms with Gasteiger partial charge in [0.25, 0.3) is 5.91 Å². The van der Waals surface area contributed by atoms with E-state index in [2.05, 4.69) is 15.2 Å². The van der Waals surface area contributed by atoms with Gasteiger partial charge in [-0.25, -0.2) is 0 Å². The number of carbonyl (C=O) groups is 1. The van der Waals surface area contributed by atoms with Gasteiger partial charge in [0, 0.05) is 42.2 Å². The number of aliphatic hydroxyl groups is 1. The van der Waals surface area contributed by atoms with E-state index in [9.17, 15) is 23.1 Å². The standard InChI is InChI=1S/C27H27F3N4O4/c1-16-2-3-19(33-26(36)17-4-5-31-24(11-17)27(28,29)30)12-21(16)18-10-22-25(32-14-18)23(38-9-7-35)13-20-15-37-8-6-34(20)22/h2-5,10-12,14,20,23,35H,6-9,13,15H2,1H3,(H,33,36). The summed E-state index contributed by atoms with van der Waals surface area (Å²) in [5.41, 5.74) is 3.51. The molecule has 2 aliphatic rings. The van der Waals surface area contributed by atoms with Crippen LogP contribution in [0.25, 0.3) is 11.1 Å². The first kappa shape index (κ1) is 26.1. The number of hydrogen-bond donors (Lipinski definition) is 2. The van der Waals surface area contributed by atoms with Gasteiger partial charge in [-0.1, -0.05) is 6.07 Å². The fraction of sp³-hybridized carbons (Fsp3) is 0.370. The number of fused-ring (bicyclic) bond motifs is 3. The summed E-state index contributed by atoms with van der Waals surface area (Å²) < 4.78 is 50.6. The van der Waals surface area contributed by atoms with E-state index in [4.69, 9.17) is 14.5 Å². The molecule has 2 unspecified atom stereocenters. The van der Waals surface area contributed by atoms with Crippen LogP contribution in [0.3, 0.4) is 0 Å². The number of hydrogen-bond acceptors (Lipinski definition) is 7. The normalized spacial score (nSPS) is 19.0. The summed E-state index contributed by atoms with van der Waals surface area (Å²) in [6, 6.07) is 9.45. The average molecular weight is 529 g/mol. The number of aromatic nitrogens is 2. The van der Waals surface area contributed by atoms with Gasteiger partial charge < -0.3 is 24.8 Å². The highest BCUT2D eigenvalue weighted by atomic mass is 19.4. The van der Waals surface area contributed by atoms with Gasteiger partial charge in [-0.05, 0) is 48.4 Å². The monoisotopic (exact) mass is 528 g/mol. The van der Waals surface area contributed by atoms with E-state index in [0.29, 0.717) is 25.3 Å². The van der Waals surface area contributed by atoms with E-state index in [1.165, 1.54) is 6.07 Å². The predicted octanol–water partition coefficient (Wildman–Crippen LogP) is 4.38. The Bertz CT molecular complexity index is 1330. The Labute approximate surface area is 217 Å². The first-order valence-corrected chi connectivity index (χ1v) is 12.3. The molecular weight excluding hydrogens is 501 g/mol. The van der Waals surface area contributed by atoms with Crippen molar-refractivity contribution in [1.29, 1.82) is 0 Å². The van der Waals surface area contributed by atoms with Gasteiger partial charge in [0.15, 0.2) is 0 Å². The molecule has 8 nitrogen and oxygen atoms in total. The summed E-state index contributed by atoms with van der Waals surface area (Å²) in [4.78, 5) is 23.1. The van der Waals surface area contributed by atoms with Gasteiger partial charge in [-0.3, -0.25) is 14.8 Å². The molecular formula is C27H27F3N4O4. The molecule has 1 amide bonds. The molecule has 38 heavy (non-hydrogen) atoms. The summed E-state index contributed by atoms with van der Waals surface area (Å²) in [6.45, 7) is 3.97. The SMILES string of the molecule is Cc1ccc(NC(=O)c2ccnc(C(F)(F)F)c2)cc1-c1cnc2c(c1)N1CCOCC1CC2OCCO. The molecule has 1 aromatic carbocycles. The van der Waals surface area contributed by atoms with Gasteiger partial charge in [0.05, 0.1) is 43.9 Å². The van der Waals surface area contributed by atoms with Crippen LogP contribution in [-0.2, 0) is 15.7 Å². The van der Waals surface area contributed by atoms with E-state index in [-0.39, 0.29) is 30.9 Å². The Morgan fingerprint density at radius 1 is 1.24 bits per heavy atom. The largest absolute Gasteiger partial charge is 0.433 e. The Balaban J connectivity index is 1.44. The number of anilines is 2. The fourth-order valence-electron chi connectivity index (χ4n) is 4.90. The van der Waals surface area contributed by atoms with Crippen LogP contribution < -0.4 is 10.2 Å². The first-order chi connectivity index (χ1) is 18.2. The second-order valence-electron chi connectivity index (χ2n) is 9.28. The fourth-order valence-corrected chi connectivity index (χ4v) is 4.90. The van der Waals surface area contributed by atoms with E-state index in [1.807, 2.05) is 19.1 Å². The lowest BCUT2D eigenvalue weighted by atomic mass is 9.93. The van der Waals surface area contributed by atoms with Crippen molar-refractivity contribution in [2.75, 3.05) is 43.2 Å². The van der Waals surface area contributed by atoms with Gasteiger partial charge in [-0.15, -0.1) is 0 Å². The maximum Gasteiger partial charge on any atom is 0.433 e. The number of benzene rings is 1. The van der Waals surface area contributed by atoms with Crippen LogP contribution in [0.5, 0.6) is 0 Å². The zero-order valence-corrected chi connectivity index (χ0v) is 20.7. The van der Waals surface area contributed by atoms with Crippen LogP contribution in [0.4, 0.5) is 24.5 Å². The number of carbonyl (C=O) groups excluding carboxylic acids is 1. The number of morpholine rings is 1. The minimum Gasteiger partial charge on any atom is -0.394 e. The molecule has 5 rings (SSSR count). The van der Waals surface area contributed by atoms with Crippen LogP contribution in [0.2, 0.25) is 0 Å². The van der Waals surface area contributed by atoms with Crippen molar-refractivity contribution < 1.29 is 32.5 Å². The van der Waals surface area contributed by atoms with Crippen LogP contribution >= 0.6 is 0 Å². The molecule has 2 aliphatic heterocycles. The van der Waals surface area contributed by atoms with Crippen LogP contribution in [-0.4, -0.2) is 60.0 Å². The molecule has 0 radical (unpaired) electrons. The van der Waals surface area contributed by atoms with Crippen molar-refractivity contribution in [3.63, 3.8) is 0 Å². The second-order valence-corrected chi connectivity index (χ2v) is 9.28. The van der Waals surface area contributed by atoms with E-state index in [1.54, 1.807) is 18.3 Å². The lowest BCUT2D eigenvalue weighted by Crippen LogP contribution is -2.49. The number of alkyl halides is 3. The topological polar surface area (TPSA) is 96.8 Å². The number of aliphatic hydroxyl groups excluding tert-OH is 1. The molecule has 0 saturated carbocycles. The molecule has 11 heteroatoms. The van der Waals surface area contributed by atoms with Gasteiger partial charge in [0.2, 0.25) is 0 Å². The molecule has 2 atom stereocenters. The molecule has 0 spiro atoms. The predicted molar refractivity (Wildman–Crippen MR) is 134 cm³/mol. The maximum absolute atomic E-state index is 13.0. The van der Waals surface area contributed by atoms with Gasteiger partial charge >= 0.3 is 6.18 Å². The number of aryl methyl sites for hydroxylation is 1. The maximum atomic E-state index is 13.0. The van der Waals surface area contributed by atoms with Crippen molar-refractivity contribution >= 4 is 17.3 Å². The number of nitrogens with one attached hydrogen (secondary N) is 1. The molecule has 2 aromatic heterocycles. The number of ether oxygens (including phenoxy) is 2. The summed E-state index contributed by atoms with van der Waals surface area (Å²) in [7, 11) is 0. The van der Waals surface area contributed by atoms with Crippen molar-refractivity contribution in [3.05, 3.63) is 71.3 Å².